The smallest absolute Gasteiger partial charge is 0.319 e. The molecule has 0 spiro atoms. The Bertz CT molecular complexity index is 433. The number of carbonyl (C=O) groups is 2. The monoisotopic (exact) mass is 392 g/mol. The van der Waals surface area contributed by atoms with Crippen LogP contribution < -0.4 is 0 Å². The van der Waals surface area contributed by atoms with Crippen molar-refractivity contribution in [2.45, 2.75) is 61.4 Å². The molecule has 0 aromatic carbocycles. The van der Waals surface area contributed by atoms with Gasteiger partial charge < -0.3 is 9.84 Å². The first kappa shape index (κ1) is 14.6. The van der Waals surface area contributed by atoms with Gasteiger partial charge in [0.15, 0.2) is 0 Å². The van der Waals surface area contributed by atoms with Crippen molar-refractivity contribution in [2.24, 2.45) is 17.3 Å². The van der Waals surface area contributed by atoms with Gasteiger partial charge in [-0.3, -0.25) is 9.59 Å². The van der Waals surface area contributed by atoms with E-state index in [2.05, 4.69) is 22.6 Å². The molecule has 0 aliphatic heterocycles. The van der Waals surface area contributed by atoms with E-state index in [4.69, 9.17) is 4.74 Å². The lowest BCUT2D eigenvalue weighted by molar-refractivity contribution is -0.209. The molecule has 4 nitrogen and oxygen atoms in total. The molecule has 0 aromatic heterocycles. The molecule has 0 saturated heterocycles. The molecule has 5 heteroatoms. The molecule has 4 fully saturated rings. The van der Waals surface area contributed by atoms with Gasteiger partial charge in [-0.15, -0.1) is 0 Å². The fraction of sp³-hybridized carbons (Fsp3) is 0.867. The zero-order valence-electron chi connectivity index (χ0n) is 11.7. The maximum atomic E-state index is 12.2. The summed E-state index contributed by atoms with van der Waals surface area (Å²) in [4.78, 5) is 23.9. The fourth-order valence-corrected chi connectivity index (χ4v) is 5.12. The number of carboxylic acids is 1. The van der Waals surface area contributed by atoms with Crippen LogP contribution in [0.5, 0.6) is 0 Å². The molecule has 112 valence electrons. The van der Waals surface area contributed by atoms with Gasteiger partial charge in [0.25, 0.3) is 0 Å². The minimum atomic E-state index is -0.687. The van der Waals surface area contributed by atoms with E-state index in [1.165, 1.54) is 0 Å². The first-order valence-corrected chi connectivity index (χ1v) is 8.73. The predicted molar refractivity (Wildman–Crippen MR) is 81.7 cm³/mol. The lowest BCUT2D eigenvalue weighted by Gasteiger charge is -2.59. The van der Waals surface area contributed by atoms with Gasteiger partial charge >= 0.3 is 11.9 Å². The number of hydrogen-bond donors (Lipinski definition) is 1. The third kappa shape index (κ3) is 2.25. The summed E-state index contributed by atoms with van der Waals surface area (Å²) in [6, 6.07) is 0. The summed E-state index contributed by atoms with van der Waals surface area (Å²) in [5, 5.41) is 9.64. The first-order valence-electron chi connectivity index (χ1n) is 7.48. The van der Waals surface area contributed by atoms with Crippen molar-refractivity contribution < 1.29 is 19.4 Å². The Labute approximate surface area is 132 Å². The van der Waals surface area contributed by atoms with Gasteiger partial charge in [0, 0.05) is 6.42 Å². The molecule has 0 aromatic rings. The Morgan fingerprint density at radius 3 is 2.40 bits per heavy atom. The Hall–Kier alpha value is -0.330. The third-order valence-corrected chi connectivity index (χ3v) is 6.78. The second-order valence-electron chi connectivity index (χ2n) is 7.03. The number of carbonyl (C=O) groups excluding carboxylic acids is 1. The number of carboxylic acid groups (broad SMARTS) is 1. The van der Waals surface area contributed by atoms with Crippen LogP contribution in [-0.2, 0) is 14.3 Å². The van der Waals surface area contributed by atoms with Gasteiger partial charge in [-0.25, -0.2) is 0 Å². The molecule has 3 atom stereocenters. The largest absolute Gasteiger partial charge is 0.481 e. The normalized spacial score (nSPS) is 43.3. The highest BCUT2D eigenvalue weighted by Crippen LogP contribution is 2.63. The number of alkyl halides is 1. The lowest BCUT2D eigenvalue weighted by atomic mass is 9.48. The van der Waals surface area contributed by atoms with Crippen LogP contribution in [0.2, 0.25) is 0 Å². The van der Waals surface area contributed by atoms with Crippen LogP contribution in [0.25, 0.3) is 0 Å². The number of aliphatic carboxylic acids is 1. The number of esters is 1. The molecule has 0 amide bonds. The average molecular weight is 392 g/mol. The highest BCUT2D eigenvalue weighted by molar-refractivity contribution is 14.1. The maximum Gasteiger partial charge on any atom is 0.319 e. The van der Waals surface area contributed by atoms with Crippen LogP contribution in [0.1, 0.15) is 51.9 Å². The zero-order chi connectivity index (χ0) is 14.5. The molecule has 4 aliphatic rings. The minimum absolute atomic E-state index is 0.124. The van der Waals surface area contributed by atoms with E-state index in [1.54, 1.807) is 0 Å². The molecular weight excluding hydrogens is 371 g/mol. The van der Waals surface area contributed by atoms with E-state index in [1.807, 2.05) is 6.92 Å². The lowest BCUT2D eigenvalue weighted by Crippen LogP contribution is -2.60. The van der Waals surface area contributed by atoms with Crippen molar-refractivity contribution in [3.63, 3.8) is 0 Å². The van der Waals surface area contributed by atoms with Crippen LogP contribution in [0, 0.1) is 17.3 Å². The van der Waals surface area contributed by atoms with Crippen LogP contribution in [-0.4, -0.2) is 26.6 Å². The number of hydrogen-bond acceptors (Lipinski definition) is 3. The van der Waals surface area contributed by atoms with Gasteiger partial charge in [0.2, 0.25) is 0 Å². The van der Waals surface area contributed by atoms with Gasteiger partial charge in [0.1, 0.15) is 9.53 Å². The van der Waals surface area contributed by atoms with Crippen molar-refractivity contribution in [1.82, 2.24) is 0 Å². The highest BCUT2D eigenvalue weighted by atomic mass is 127. The zero-order valence-corrected chi connectivity index (χ0v) is 13.9. The molecule has 4 saturated carbocycles. The van der Waals surface area contributed by atoms with Crippen molar-refractivity contribution >= 4 is 34.5 Å². The van der Waals surface area contributed by atoms with E-state index in [9.17, 15) is 14.7 Å². The van der Waals surface area contributed by atoms with E-state index < -0.39 is 17.0 Å². The van der Waals surface area contributed by atoms with Gasteiger partial charge in [0.05, 0.1) is 5.41 Å². The second kappa shape index (κ2) is 4.85. The van der Waals surface area contributed by atoms with E-state index in [0.29, 0.717) is 18.3 Å². The number of halogens is 1. The fourth-order valence-electron chi connectivity index (χ4n) is 4.99. The molecule has 4 bridgehead atoms. The van der Waals surface area contributed by atoms with Crippen LogP contribution in [0.3, 0.4) is 0 Å². The van der Waals surface area contributed by atoms with Crippen LogP contribution >= 0.6 is 22.6 Å². The Balaban J connectivity index is 1.83. The summed E-state index contributed by atoms with van der Waals surface area (Å²) >= 11 is 2.12. The van der Waals surface area contributed by atoms with Crippen molar-refractivity contribution in [2.75, 3.05) is 0 Å². The van der Waals surface area contributed by atoms with Crippen molar-refractivity contribution in [1.29, 1.82) is 0 Å². The SMILES string of the molecule is CCC(I)C(=O)OC12CC3CC(C1)CC(C(=O)O)(C3)C2. The second-order valence-corrected chi connectivity index (χ2v) is 8.53. The molecule has 1 N–H and O–H groups in total. The standard InChI is InChI=1S/C15H21IO4/c1-2-11(16)12(17)20-15-6-9-3-10(7-15)5-14(4-9,8-15)13(18)19/h9-11H,2-8H2,1H3,(H,18,19). The highest BCUT2D eigenvalue weighted by Gasteiger charge is 2.62. The summed E-state index contributed by atoms with van der Waals surface area (Å²) in [5.74, 6) is 0.00741. The van der Waals surface area contributed by atoms with Gasteiger partial charge in [-0.05, 0) is 50.4 Å². The Kier molecular flexibility index (Phi) is 3.54. The van der Waals surface area contributed by atoms with E-state index in [-0.39, 0.29) is 9.89 Å². The number of ether oxygens (including phenoxy) is 1. The summed E-state index contributed by atoms with van der Waals surface area (Å²) in [6.07, 6.45) is 5.71. The average Bonchev–Trinajstić information content (AvgIpc) is 2.35. The van der Waals surface area contributed by atoms with Crippen molar-refractivity contribution in [3.05, 3.63) is 0 Å². The summed E-state index contributed by atoms with van der Waals surface area (Å²) in [7, 11) is 0. The van der Waals surface area contributed by atoms with E-state index >= 15 is 0 Å². The van der Waals surface area contributed by atoms with Gasteiger partial charge in [-0.2, -0.15) is 0 Å². The molecule has 4 aliphatic carbocycles. The van der Waals surface area contributed by atoms with Crippen LogP contribution in [0.15, 0.2) is 0 Å². The molecule has 20 heavy (non-hydrogen) atoms. The predicted octanol–water partition coefficient (Wildman–Crippen LogP) is 3.17. The summed E-state index contributed by atoms with van der Waals surface area (Å²) in [5.41, 5.74) is -1.12. The first-order chi connectivity index (χ1) is 9.38. The molecule has 0 radical (unpaired) electrons. The summed E-state index contributed by atoms with van der Waals surface area (Å²) in [6.45, 7) is 1.97. The van der Waals surface area contributed by atoms with Crippen LogP contribution in [0.4, 0.5) is 0 Å². The van der Waals surface area contributed by atoms with E-state index in [0.717, 1.165) is 38.5 Å². The third-order valence-electron chi connectivity index (χ3n) is 5.39. The van der Waals surface area contributed by atoms with Gasteiger partial charge in [-0.1, -0.05) is 29.5 Å². The maximum absolute atomic E-state index is 12.2. The molecule has 3 unspecified atom stereocenters. The molecule has 0 heterocycles. The molecule has 4 rings (SSSR count). The number of rotatable bonds is 4. The minimum Gasteiger partial charge on any atom is -0.481 e. The van der Waals surface area contributed by atoms with Crippen molar-refractivity contribution in [3.8, 4) is 0 Å². The Morgan fingerprint density at radius 1 is 1.30 bits per heavy atom. The molecular formula is C15H21IO4. The quantitative estimate of drug-likeness (QED) is 0.454. The Morgan fingerprint density at radius 2 is 1.90 bits per heavy atom. The topological polar surface area (TPSA) is 63.6 Å². The summed E-state index contributed by atoms with van der Waals surface area (Å²) < 4.78 is 5.75.